The van der Waals surface area contributed by atoms with Crippen LogP contribution in [0.25, 0.3) is 0 Å². The highest BCUT2D eigenvalue weighted by atomic mass is 16.5. The molecule has 1 aromatic rings. The molecule has 1 aliphatic heterocycles. The summed E-state index contributed by atoms with van der Waals surface area (Å²) in [5, 5.41) is 9.29. The predicted octanol–water partition coefficient (Wildman–Crippen LogP) is 3.93. The quantitative estimate of drug-likeness (QED) is 0.754. The summed E-state index contributed by atoms with van der Waals surface area (Å²) in [4.78, 5) is 25.4. The van der Waals surface area contributed by atoms with Crippen molar-refractivity contribution in [1.29, 1.82) is 0 Å². The number of rotatable bonds is 6. The number of carbonyl (C=O) groups is 2. The number of benzene rings is 1. The summed E-state index contributed by atoms with van der Waals surface area (Å²) in [5.74, 6) is 0.314. The zero-order valence-electron chi connectivity index (χ0n) is 16.6. The minimum absolute atomic E-state index is 0.145. The van der Waals surface area contributed by atoms with Gasteiger partial charge in [0.2, 0.25) is 5.91 Å². The summed E-state index contributed by atoms with van der Waals surface area (Å²) in [7, 11) is 0. The van der Waals surface area contributed by atoms with Gasteiger partial charge in [0, 0.05) is 19.5 Å². The Labute approximate surface area is 167 Å². The number of amides is 1. The molecule has 0 unspecified atom stereocenters. The fourth-order valence-electron chi connectivity index (χ4n) is 5.34. The summed E-state index contributed by atoms with van der Waals surface area (Å²) in [5.41, 5.74) is 2.92. The van der Waals surface area contributed by atoms with Gasteiger partial charge in [-0.3, -0.25) is 9.59 Å². The summed E-state index contributed by atoms with van der Waals surface area (Å²) < 4.78 is 5.97. The molecule has 1 heterocycles. The average Bonchev–Trinajstić information content (AvgIpc) is 3.35. The van der Waals surface area contributed by atoms with Gasteiger partial charge < -0.3 is 14.7 Å². The van der Waals surface area contributed by atoms with E-state index < -0.39 is 5.97 Å². The first-order chi connectivity index (χ1) is 13.6. The molecule has 5 heteroatoms. The number of carboxylic acid groups (broad SMARTS) is 1. The van der Waals surface area contributed by atoms with Crippen molar-refractivity contribution in [2.24, 2.45) is 5.92 Å². The fourth-order valence-corrected chi connectivity index (χ4v) is 5.34. The van der Waals surface area contributed by atoms with Gasteiger partial charge in [-0.25, -0.2) is 0 Å². The van der Waals surface area contributed by atoms with E-state index in [4.69, 9.17) is 4.74 Å². The number of carbonyl (C=O) groups excluding carboxylic acids is 1. The highest BCUT2D eigenvalue weighted by Crippen LogP contribution is 2.50. The lowest BCUT2D eigenvalue weighted by Gasteiger charge is -2.37. The van der Waals surface area contributed by atoms with Gasteiger partial charge in [0.1, 0.15) is 5.75 Å². The van der Waals surface area contributed by atoms with Crippen LogP contribution in [0.2, 0.25) is 0 Å². The smallest absolute Gasteiger partial charge is 0.306 e. The van der Waals surface area contributed by atoms with Gasteiger partial charge in [-0.15, -0.1) is 0 Å². The first-order valence-corrected chi connectivity index (χ1v) is 10.8. The van der Waals surface area contributed by atoms with Gasteiger partial charge in [-0.1, -0.05) is 6.07 Å². The van der Waals surface area contributed by atoms with Gasteiger partial charge in [-0.05, 0) is 86.5 Å². The first-order valence-electron chi connectivity index (χ1n) is 10.8. The van der Waals surface area contributed by atoms with Gasteiger partial charge in [0.25, 0.3) is 0 Å². The second-order valence-corrected chi connectivity index (χ2v) is 8.75. The molecule has 0 atom stereocenters. The number of aliphatic carboxylic acids is 1. The van der Waals surface area contributed by atoms with Crippen LogP contribution in [-0.4, -0.2) is 41.6 Å². The SMILES string of the molecule is O=C(O)C1CCC2(CCc3ccc(OCCCC(=O)N4CCCC4)cc32)CC1. The molecule has 1 spiro atoms. The monoisotopic (exact) mass is 385 g/mol. The van der Waals surface area contributed by atoms with E-state index in [1.165, 1.54) is 11.1 Å². The average molecular weight is 386 g/mol. The Hall–Kier alpha value is -2.04. The number of likely N-dealkylation sites (tertiary alicyclic amines) is 1. The second-order valence-electron chi connectivity index (χ2n) is 8.75. The Morgan fingerprint density at radius 3 is 2.61 bits per heavy atom. The molecule has 1 saturated heterocycles. The predicted molar refractivity (Wildman–Crippen MR) is 107 cm³/mol. The van der Waals surface area contributed by atoms with E-state index in [0.717, 1.165) is 76.6 Å². The van der Waals surface area contributed by atoms with E-state index >= 15 is 0 Å². The summed E-state index contributed by atoms with van der Waals surface area (Å²) in [6.45, 7) is 2.39. The minimum Gasteiger partial charge on any atom is -0.494 e. The van der Waals surface area contributed by atoms with Gasteiger partial charge in [0.15, 0.2) is 0 Å². The maximum Gasteiger partial charge on any atom is 0.306 e. The Bertz CT molecular complexity index is 730. The largest absolute Gasteiger partial charge is 0.494 e. The minimum atomic E-state index is -0.645. The Morgan fingerprint density at radius 2 is 1.89 bits per heavy atom. The molecular formula is C23H31NO4. The molecule has 5 nitrogen and oxygen atoms in total. The molecular weight excluding hydrogens is 354 g/mol. The summed E-state index contributed by atoms with van der Waals surface area (Å²) >= 11 is 0. The summed E-state index contributed by atoms with van der Waals surface area (Å²) in [6.07, 6.45) is 9.26. The van der Waals surface area contributed by atoms with Crippen molar-refractivity contribution in [3.8, 4) is 5.75 Å². The highest BCUT2D eigenvalue weighted by molar-refractivity contribution is 5.76. The van der Waals surface area contributed by atoms with Gasteiger partial charge in [0.05, 0.1) is 12.5 Å². The Morgan fingerprint density at radius 1 is 1.14 bits per heavy atom. The molecule has 3 aliphatic rings. The van der Waals surface area contributed by atoms with Crippen LogP contribution in [0.3, 0.4) is 0 Å². The number of ether oxygens (including phenoxy) is 1. The molecule has 0 aromatic heterocycles. The second kappa shape index (κ2) is 8.14. The van der Waals surface area contributed by atoms with Crippen LogP contribution in [-0.2, 0) is 21.4 Å². The maximum atomic E-state index is 12.1. The molecule has 0 radical (unpaired) electrons. The topological polar surface area (TPSA) is 66.8 Å². The van der Waals surface area contributed by atoms with Crippen molar-refractivity contribution in [1.82, 2.24) is 4.90 Å². The lowest BCUT2D eigenvalue weighted by atomic mass is 9.67. The van der Waals surface area contributed by atoms with Crippen LogP contribution in [0.5, 0.6) is 5.75 Å². The number of fused-ring (bicyclic) bond motifs is 2. The molecule has 2 aliphatic carbocycles. The van der Waals surface area contributed by atoms with E-state index in [1.807, 2.05) is 11.0 Å². The third kappa shape index (κ3) is 3.89. The fraction of sp³-hybridized carbons (Fsp3) is 0.652. The lowest BCUT2D eigenvalue weighted by Crippen LogP contribution is -2.32. The zero-order valence-corrected chi connectivity index (χ0v) is 16.6. The highest BCUT2D eigenvalue weighted by Gasteiger charge is 2.43. The van der Waals surface area contributed by atoms with Crippen molar-refractivity contribution in [2.45, 2.75) is 69.6 Å². The van der Waals surface area contributed by atoms with E-state index in [1.54, 1.807) is 0 Å². The Balaban J connectivity index is 1.32. The van der Waals surface area contributed by atoms with Gasteiger partial charge >= 0.3 is 5.97 Å². The van der Waals surface area contributed by atoms with Crippen molar-refractivity contribution in [3.63, 3.8) is 0 Å². The third-order valence-electron chi connectivity index (χ3n) is 7.08. The summed E-state index contributed by atoms with van der Waals surface area (Å²) in [6, 6.07) is 6.41. The lowest BCUT2D eigenvalue weighted by molar-refractivity contribution is -0.143. The van der Waals surface area contributed by atoms with E-state index in [-0.39, 0.29) is 17.2 Å². The third-order valence-corrected chi connectivity index (χ3v) is 7.08. The van der Waals surface area contributed by atoms with Crippen LogP contribution >= 0.6 is 0 Å². The molecule has 4 rings (SSSR count). The van der Waals surface area contributed by atoms with Crippen LogP contribution in [0.1, 0.15) is 68.9 Å². The zero-order chi connectivity index (χ0) is 19.6. The van der Waals surface area contributed by atoms with Gasteiger partial charge in [-0.2, -0.15) is 0 Å². The van der Waals surface area contributed by atoms with E-state index in [0.29, 0.717) is 13.0 Å². The molecule has 1 amide bonds. The molecule has 1 N–H and O–H groups in total. The molecule has 152 valence electrons. The number of carboxylic acids is 1. The molecule has 2 fully saturated rings. The van der Waals surface area contributed by atoms with Crippen LogP contribution < -0.4 is 4.74 Å². The number of hydrogen-bond acceptors (Lipinski definition) is 3. The van der Waals surface area contributed by atoms with Crippen molar-refractivity contribution in [3.05, 3.63) is 29.3 Å². The standard InChI is InChI=1S/C23H31NO4/c25-21(24-13-1-2-14-24)4-3-15-28-19-6-5-17-7-10-23(20(17)16-19)11-8-18(9-12-23)22(26)27/h5-6,16,18H,1-4,7-15H2,(H,26,27). The van der Waals surface area contributed by atoms with E-state index in [9.17, 15) is 14.7 Å². The van der Waals surface area contributed by atoms with Crippen molar-refractivity contribution >= 4 is 11.9 Å². The molecule has 1 aromatic carbocycles. The maximum absolute atomic E-state index is 12.1. The molecule has 1 saturated carbocycles. The number of hydrogen-bond donors (Lipinski definition) is 1. The van der Waals surface area contributed by atoms with Crippen LogP contribution in [0, 0.1) is 5.92 Å². The normalized spacial score (nSPS) is 26.4. The number of aryl methyl sites for hydroxylation is 1. The van der Waals surface area contributed by atoms with Crippen LogP contribution in [0.4, 0.5) is 0 Å². The number of nitrogens with zero attached hydrogens (tertiary/aromatic N) is 1. The molecule has 0 bridgehead atoms. The van der Waals surface area contributed by atoms with Crippen molar-refractivity contribution in [2.75, 3.05) is 19.7 Å². The van der Waals surface area contributed by atoms with E-state index in [2.05, 4.69) is 12.1 Å². The first kappa shape index (κ1) is 19.3. The molecule has 28 heavy (non-hydrogen) atoms. The Kier molecular flexibility index (Phi) is 5.61. The van der Waals surface area contributed by atoms with Crippen LogP contribution in [0.15, 0.2) is 18.2 Å². The van der Waals surface area contributed by atoms with Crippen molar-refractivity contribution < 1.29 is 19.4 Å².